The second-order valence-corrected chi connectivity index (χ2v) is 3.52. The molecule has 0 amide bonds. The molecule has 96 valence electrons. The van der Waals surface area contributed by atoms with Gasteiger partial charge in [0, 0.05) is 23.2 Å². The first-order valence-electron chi connectivity index (χ1n) is 5.07. The number of aldehydes is 1. The molecule has 8 heteroatoms. The quantitative estimate of drug-likeness (QED) is 0.260. The van der Waals surface area contributed by atoms with Crippen LogP contribution in [0.3, 0.4) is 0 Å². The van der Waals surface area contributed by atoms with Gasteiger partial charge in [0.05, 0.1) is 11.7 Å². The molecule has 2 unspecified atom stereocenters. The number of carbonyl (C=O) groups is 1. The molecule has 0 fully saturated rings. The average molecular weight is 254 g/mol. The van der Waals surface area contributed by atoms with Crippen LogP contribution in [-0.2, 0) is 0 Å². The summed E-state index contributed by atoms with van der Waals surface area (Å²) in [7, 11) is 0. The van der Waals surface area contributed by atoms with Crippen LogP contribution in [0.5, 0.6) is 0 Å². The highest BCUT2D eigenvalue weighted by Gasteiger charge is 2.19. The van der Waals surface area contributed by atoms with Crippen molar-refractivity contribution in [3.05, 3.63) is 39.8 Å². The molecule has 0 radical (unpaired) electrons. The summed E-state index contributed by atoms with van der Waals surface area (Å²) in [6.07, 6.45) is -1.18. The van der Waals surface area contributed by atoms with Crippen molar-refractivity contribution in [3.63, 3.8) is 0 Å². The molecule has 0 spiro atoms. The van der Waals surface area contributed by atoms with Crippen LogP contribution in [0, 0.1) is 5.95 Å². The van der Waals surface area contributed by atoms with Crippen LogP contribution >= 0.6 is 0 Å². The zero-order valence-corrected chi connectivity index (χ0v) is 9.27. The standard InChI is InChI=1S/C10H11FN4O3/c11-10-7(5-16)3-6(4-13-10)9(18)8(17)1-2-14-15-12/h3-5,8-9,17-18H,1-2H2. The van der Waals surface area contributed by atoms with Gasteiger partial charge in [0.25, 0.3) is 0 Å². The molecule has 0 aliphatic carbocycles. The van der Waals surface area contributed by atoms with Crippen LogP contribution in [0.4, 0.5) is 4.39 Å². The zero-order chi connectivity index (χ0) is 13.5. The van der Waals surface area contributed by atoms with Crippen LogP contribution in [0.25, 0.3) is 10.4 Å². The average Bonchev–Trinajstić information content (AvgIpc) is 2.38. The number of azide groups is 1. The Morgan fingerprint density at radius 1 is 1.61 bits per heavy atom. The molecule has 18 heavy (non-hydrogen) atoms. The van der Waals surface area contributed by atoms with Crippen molar-refractivity contribution in [2.24, 2.45) is 5.11 Å². The second-order valence-electron chi connectivity index (χ2n) is 3.52. The van der Waals surface area contributed by atoms with E-state index < -0.39 is 18.2 Å². The fourth-order valence-corrected chi connectivity index (χ4v) is 1.34. The first-order chi connectivity index (χ1) is 8.60. The molecule has 0 saturated carbocycles. The Kier molecular flexibility index (Phi) is 5.19. The molecule has 7 nitrogen and oxygen atoms in total. The van der Waals surface area contributed by atoms with Crippen molar-refractivity contribution in [2.75, 3.05) is 6.54 Å². The Labute approximate surface area is 102 Å². The Balaban J connectivity index is 2.79. The largest absolute Gasteiger partial charge is 0.390 e. The van der Waals surface area contributed by atoms with Crippen molar-refractivity contribution in [3.8, 4) is 0 Å². The highest BCUT2D eigenvalue weighted by molar-refractivity contribution is 5.74. The fraction of sp³-hybridized carbons (Fsp3) is 0.400. The van der Waals surface area contributed by atoms with Gasteiger partial charge in [0.2, 0.25) is 5.95 Å². The van der Waals surface area contributed by atoms with E-state index >= 15 is 0 Å². The number of rotatable bonds is 6. The number of aliphatic hydroxyl groups is 2. The molecule has 1 heterocycles. The molecular formula is C10H11FN4O3. The van der Waals surface area contributed by atoms with Crippen LogP contribution < -0.4 is 0 Å². The maximum absolute atomic E-state index is 12.9. The summed E-state index contributed by atoms with van der Waals surface area (Å²) in [5, 5.41) is 22.5. The van der Waals surface area contributed by atoms with Crippen LogP contribution in [0.15, 0.2) is 17.4 Å². The Hall–Kier alpha value is -2.02. The second kappa shape index (κ2) is 6.65. The predicted molar refractivity (Wildman–Crippen MR) is 59.2 cm³/mol. The number of aromatic nitrogens is 1. The minimum Gasteiger partial charge on any atom is -0.390 e. The van der Waals surface area contributed by atoms with E-state index in [-0.39, 0.29) is 30.4 Å². The first-order valence-corrected chi connectivity index (χ1v) is 5.07. The normalized spacial score (nSPS) is 13.5. The molecule has 1 aromatic rings. The van der Waals surface area contributed by atoms with Gasteiger partial charge >= 0.3 is 0 Å². The molecule has 1 aromatic heterocycles. The summed E-state index contributed by atoms with van der Waals surface area (Å²) < 4.78 is 12.9. The summed E-state index contributed by atoms with van der Waals surface area (Å²) in [6.45, 7) is 0.0177. The van der Waals surface area contributed by atoms with Gasteiger partial charge in [0.15, 0.2) is 6.29 Å². The predicted octanol–water partition coefficient (Wildman–Crippen LogP) is 1.13. The maximum atomic E-state index is 12.9. The van der Waals surface area contributed by atoms with Crippen molar-refractivity contribution in [1.29, 1.82) is 0 Å². The van der Waals surface area contributed by atoms with Gasteiger partial charge in [-0.15, -0.1) is 0 Å². The van der Waals surface area contributed by atoms with Crippen LogP contribution in [0.1, 0.15) is 28.4 Å². The van der Waals surface area contributed by atoms with E-state index in [1.807, 2.05) is 0 Å². The molecule has 1 rings (SSSR count). The summed E-state index contributed by atoms with van der Waals surface area (Å²) >= 11 is 0. The third kappa shape index (κ3) is 3.49. The van der Waals surface area contributed by atoms with Gasteiger partial charge in [-0.25, -0.2) is 4.98 Å². The zero-order valence-electron chi connectivity index (χ0n) is 9.27. The summed E-state index contributed by atoms with van der Waals surface area (Å²) in [5.74, 6) is -0.940. The van der Waals surface area contributed by atoms with Gasteiger partial charge in [0.1, 0.15) is 6.10 Å². The Bertz CT molecular complexity index is 476. The third-order valence-corrected chi connectivity index (χ3v) is 2.31. The molecule has 0 aromatic carbocycles. The van der Waals surface area contributed by atoms with Crippen molar-refractivity contribution in [1.82, 2.24) is 4.98 Å². The minimum absolute atomic E-state index is 0.0177. The summed E-state index contributed by atoms with van der Waals surface area (Å²) in [6, 6.07) is 1.11. The van der Waals surface area contributed by atoms with Crippen LogP contribution in [-0.4, -0.2) is 34.1 Å². The lowest BCUT2D eigenvalue weighted by Crippen LogP contribution is -2.19. The van der Waals surface area contributed by atoms with E-state index in [9.17, 15) is 19.4 Å². The highest BCUT2D eigenvalue weighted by Crippen LogP contribution is 2.19. The van der Waals surface area contributed by atoms with Gasteiger partial charge < -0.3 is 10.2 Å². The molecule has 0 saturated heterocycles. The monoisotopic (exact) mass is 254 g/mol. The Morgan fingerprint density at radius 2 is 2.33 bits per heavy atom. The van der Waals surface area contributed by atoms with E-state index in [4.69, 9.17) is 5.53 Å². The molecule has 0 aliphatic rings. The fourth-order valence-electron chi connectivity index (χ4n) is 1.34. The number of halogens is 1. The first kappa shape index (κ1) is 14.0. The summed E-state index contributed by atoms with van der Waals surface area (Å²) in [4.78, 5) is 16.3. The van der Waals surface area contributed by atoms with E-state index in [0.717, 1.165) is 12.3 Å². The SMILES string of the molecule is [N-]=[N+]=NCCC(O)C(O)c1cnc(F)c(C=O)c1. The van der Waals surface area contributed by atoms with Crippen molar-refractivity contribution >= 4 is 6.29 Å². The lowest BCUT2D eigenvalue weighted by Gasteiger charge is -2.17. The number of pyridine rings is 1. The van der Waals surface area contributed by atoms with E-state index in [0.29, 0.717) is 0 Å². The third-order valence-electron chi connectivity index (χ3n) is 2.31. The van der Waals surface area contributed by atoms with Crippen LogP contribution in [0.2, 0.25) is 0 Å². The minimum atomic E-state index is -1.33. The van der Waals surface area contributed by atoms with E-state index in [1.165, 1.54) is 0 Å². The number of carbonyl (C=O) groups excluding carboxylic acids is 1. The molecular weight excluding hydrogens is 243 g/mol. The molecule has 2 N–H and O–H groups in total. The van der Waals surface area contributed by atoms with Gasteiger partial charge in [-0.05, 0) is 18.0 Å². The smallest absolute Gasteiger partial charge is 0.223 e. The maximum Gasteiger partial charge on any atom is 0.223 e. The van der Waals surface area contributed by atoms with Gasteiger partial charge in [-0.2, -0.15) is 4.39 Å². The molecule has 0 bridgehead atoms. The van der Waals surface area contributed by atoms with Gasteiger partial charge in [-0.1, -0.05) is 5.11 Å². The lowest BCUT2D eigenvalue weighted by atomic mass is 10.0. The number of hydrogen-bond donors (Lipinski definition) is 2. The van der Waals surface area contributed by atoms with Gasteiger partial charge in [-0.3, -0.25) is 4.79 Å². The Morgan fingerprint density at radius 3 is 2.94 bits per heavy atom. The number of nitrogens with zero attached hydrogens (tertiary/aromatic N) is 4. The molecule has 2 atom stereocenters. The topological polar surface area (TPSA) is 119 Å². The molecule has 0 aliphatic heterocycles. The van der Waals surface area contributed by atoms with E-state index in [1.54, 1.807) is 0 Å². The number of hydrogen-bond acceptors (Lipinski definition) is 5. The highest BCUT2D eigenvalue weighted by atomic mass is 19.1. The van der Waals surface area contributed by atoms with Crippen molar-refractivity contribution in [2.45, 2.75) is 18.6 Å². The summed E-state index contributed by atoms with van der Waals surface area (Å²) in [5.41, 5.74) is 7.88. The van der Waals surface area contributed by atoms with E-state index in [2.05, 4.69) is 15.0 Å². The lowest BCUT2D eigenvalue weighted by molar-refractivity contribution is 0.0147. The van der Waals surface area contributed by atoms with Crippen molar-refractivity contribution < 1.29 is 19.4 Å². The number of aliphatic hydroxyl groups excluding tert-OH is 2.